The fourth-order valence-corrected chi connectivity index (χ4v) is 1.62. The van der Waals surface area contributed by atoms with Crippen molar-refractivity contribution >= 4 is 11.7 Å². The number of hydrogen-bond donors (Lipinski definition) is 2. The molecule has 0 spiro atoms. The van der Waals surface area contributed by atoms with Crippen LogP contribution in [0.15, 0.2) is 48.7 Å². The molecule has 0 unspecified atom stereocenters. The molecule has 3 N–H and O–H groups in total. The molecule has 0 saturated carbocycles. The van der Waals surface area contributed by atoms with E-state index in [-0.39, 0.29) is 5.91 Å². The molecule has 2 rings (SSSR count). The number of carbonyl (C=O) groups is 1. The number of pyridine rings is 1. The zero-order chi connectivity index (χ0) is 13.0. The van der Waals surface area contributed by atoms with Crippen molar-refractivity contribution in [3.63, 3.8) is 0 Å². The lowest BCUT2D eigenvalue weighted by molar-refractivity contribution is -0.117. The lowest BCUT2D eigenvalue weighted by Crippen LogP contribution is -2.28. The molecule has 4 heteroatoms. The van der Waals surface area contributed by atoms with E-state index in [1.54, 1.807) is 6.20 Å². The van der Waals surface area contributed by atoms with Crippen LogP contribution in [0.4, 0.5) is 5.82 Å². The number of benzene rings is 1. The summed E-state index contributed by atoms with van der Waals surface area (Å²) >= 11 is 0. The molecule has 0 bridgehead atoms. The summed E-state index contributed by atoms with van der Waals surface area (Å²) in [6.45, 7) is 1.89. The van der Waals surface area contributed by atoms with Crippen LogP contribution >= 0.6 is 0 Å². The lowest BCUT2D eigenvalue weighted by atomic mass is 10.1. The highest BCUT2D eigenvalue weighted by atomic mass is 16.2. The van der Waals surface area contributed by atoms with Gasteiger partial charge >= 0.3 is 0 Å². The van der Waals surface area contributed by atoms with E-state index in [1.165, 1.54) is 0 Å². The zero-order valence-electron chi connectivity index (χ0n) is 10.1. The smallest absolute Gasteiger partial charge is 0.247 e. The molecule has 0 aliphatic carbocycles. The normalized spacial score (nSPS) is 11.9. The maximum atomic E-state index is 12.0. The predicted octanol–water partition coefficient (Wildman–Crippen LogP) is 2.03. The molecule has 2 aromatic rings. The molecule has 18 heavy (non-hydrogen) atoms. The van der Waals surface area contributed by atoms with Crippen LogP contribution in [0, 0.1) is 6.92 Å². The van der Waals surface area contributed by atoms with Crippen LogP contribution < -0.4 is 11.1 Å². The van der Waals surface area contributed by atoms with Gasteiger partial charge in [-0.25, -0.2) is 4.98 Å². The first-order valence-electron chi connectivity index (χ1n) is 5.71. The number of aryl methyl sites for hydroxylation is 1. The monoisotopic (exact) mass is 241 g/mol. The number of nitrogens with one attached hydrogen (secondary N) is 1. The standard InChI is InChI=1S/C14H15N3O/c1-10-6-5-9-16-13(10)17-14(18)12(15)11-7-3-2-4-8-11/h2-9,12H,15H2,1H3,(H,16,17,18)/t12-/m1/s1. The van der Waals surface area contributed by atoms with Gasteiger partial charge in [-0.15, -0.1) is 0 Å². The van der Waals surface area contributed by atoms with Gasteiger partial charge in [0.1, 0.15) is 11.9 Å². The van der Waals surface area contributed by atoms with Gasteiger partial charge in [0.25, 0.3) is 0 Å². The minimum atomic E-state index is -0.687. The summed E-state index contributed by atoms with van der Waals surface area (Å²) in [6.07, 6.45) is 1.64. The van der Waals surface area contributed by atoms with Crippen LogP contribution in [0.2, 0.25) is 0 Å². The Bertz CT molecular complexity index is 540. The molecular formula is C14H15N3O. The Kier molecular flexibility index (Phi) is 3.69. The molecule has 0 aliphatic rings. The molecule has 0 saturated heterocycles. The Morgan fingerprint density at radius 3 is 2.61 bits per heavy atom. The SMILES string of the molecule is Cc1cccnc1NC(=O)[C@H](N)c1ccccc1. The van der Waals surface area contributed by atoms with Crippen molar-refractivity contribution in [1.82, 2.24) is 4.98 Å². The number of carbonyl (C=O) groups excluding carboxylic acids is 1. The third-order valence-electron chi connectivity index (χ3n) is 2.69. The van der Waals surface area contributed by atoms with E-state index in [2.05, 4.69) is 10.3 Å². The van der Waals surface area contributed by atoms with Gasteiger partial charge in [0.15, 0.2) is 0 Å². The summed E-state index contributed by atoms with van der Waals surface area (Å²) in [4.78, 5) is 16.1. The van der Waals surface area contributed by atoms with Crippen LogP contribution in [0.1, 0.15) is 17.2 Å². The van der Waals surface area contributed by atoms with E-state index in [4.69, 9.17) is 5.73 Å². The second kappa shape index (κ2) is 5.42. The molecule has 1 aromatic heterocycles. The summed E-state index contributed by atoms with van der Waals surface area (Å²) in [6, 6.07) is 12.3. The van der Waals surface area contributed by atoms with Crippen LogP contribution in [-0.2, 0) is 4.79 Å². The van der Waals surface area contributed by atoms with Crippen LogP contribution in [0.5, 0.6) is 0 Å². The third-order valence-corrected chi connectivity index (χ3v) is 2.69. The Balaban J connectivity index is 2.12. The Morgan fingerprint density at radius 2 is 1.94 bits per heavy atom. The molecule has 1 amide bonds. The topological polar surface area (TPSA) is 68.0 Å². The Hall–Kier alpha value is -2.20. The maximum absolute atomic E-state index is 12.0. The van der Waals surface area contributed by atoms with Crippen molar-refractivity contribution in [2.75, 3.05) is 5.32 Å². The number of hydrogen-bond acceptors (Lipinski definition) is 3. The number of nitrogens with two attached hydrogens (primary N) is 1. The van der Waals surface area contributed by atoms with Gasteiger partial charge in [0.2, 0.25) is 5.91 Å². The van der Waals surface area contributed by atoms with Crippen molar-refractivity contribution in [1.29, 1.82) is 0 Å². The average molecular weight is 241 g/mol. The number of aromatic nitrogens is 1. The third kappa shape index (κ3) is 2.73. The summed E-state index contributed by atoms with van der Waals surface area (Å²) in [7, 11) is 0. The van der Waals surface area contributed by atoms with E-state index in [0.717, 1.165) is 11.1 Å². The van der Waals surface area contributed by atoms with E-state index in [0.29, 0.717) is 5.82 Å². The quantitative estimate of drug-likeness (QED) is 0.864. The van der Waals surface area contributed by atoms with E-state index < -0.39 is 6.04 Å². The van der Waals surface area contributed by atoms with Crippen LogP contribution in [0.25, 0.3) is 0 Å². The number of nitrogens with zero attached hydrogens (tertiary/aromatic N) is 1. The highest BCUT2D eigenvalue weighted by Crippen LogP contribution is 2.14. The Morgan fingerprint density at radius 1 is 1.22 bits per heavy atom. The van der Waals surface area contributed by atoms with E-state index in [9.17, 15) is 4.79 Å². The van der Waals surface area contributed by atoms with Crippen molar-refractivity contribution in [2.24, 2.45) is 5.73 Å². The molecule has 1 heterocycles. The van der Waals surface area contributed by atoms with Gasteiger partial charge in [-0.1, -0.05) is 36.4 Å². The zero-order valence-corrected chi connectivity index (χ0v) is 10.1. The summed E-state index contributed by atoms with van der Waals surface area (Å²) in [5, 5.41) is 2.73. The number of amides is 1. The molecule has 0 aliphatic heterocycles. The molecule has 1 atom stereocenters. The van der Waals surface area contributed by atoms with E-state index in [1.807, 2.05) is 49.4 Å². The van der Waals surface area contributed by atoms with Crippen LogP contribution in [0.3, 0.4) is 0 Å². The molecule has 4 nitrogen and oxygen atoms in total. The average Bonchev–Trinajstić information content (AvgIpc) is 2.41. The predicted molar refractivity (Wildman–Crippen MR) is 71.0 cm³/mol. The van der Waals surface area contributed by atoms with Crippen molar-refractivity contribution in [3.8, 4) is 0 Å². The fraction of sp³-hybridized carbons (Fsp3) is 0.143. The summed E-state index contributed by atoms with van der Waals surface area (Å²) < 4.78 is 0. The minimum absolute atomic E-state index is 0.261. The highest BCUT2D eigenvalue weighted by molar-refractivity contribution is 5.95. The molecule has 92 valence electrons. The first kappa shape index (κ1) is 12.3. The second-order valence-corrected chi connectivity index (χ2v) is 4.05. The Labute approximate surface area is 106 Å². The number of anilines is 1. The maximum Gasteiger partial charge on any atom is 0.247 e. The van der Waals surface area contributed by atoms with Crippen molar-refractivity contribution in [3.05, 3.63) is 59.8 Å². The molecule has 1 aromatic carbocycles. The van der Waals surface area contributed by atoms with Gasteiger partial charge in [-0.2, -0.15) is 0 Å². The first-order valence-corrected chi connectivity index (χ1v) is 5.71. The van der Waals surface area contributed by atoms with Crippen molar-refractivity contribution in [2.45, 2.75) is 13.0 Å². The van der Waals surface area contributed by atoms with E-state index >= 15 is 0 Å². The van der Waals surface area contributed by atoms with Gasteiger partial charge in [-0.3, -0.25) is 4.79 Å². The molecule has 0 radical (unpaired) electrons. The van der Waals surface area contributed by atoms with Crippen molar-refractivity contribution < 1.29 is 4.79 Å². The highest BCUT2D eigenvalue weighted by Gasteiger charge is 2.16. The second-order valence-electron chi connectivity index (χ2n) is 4.05. The van der Waals surface area contributed by atoms with Crippen LogP contribution in [-0.4, -0.2) is 10.9 Å². The van der Waals surface area contributed by atoms with Gasteiger partial charge in [0.05, 0.1) is 0 Å². The first-order chi connectivity index (χ1) is 8.68. The van der Waals surface area contributed by atoms with Gasteiger partial charge < -0.3 is 11.1 Å². The van der Waals surface area contributed by atoms with Gasteiger partial charge in [-0.05, 0) is 24.1 Å². The minimum Gasteiger partial charge on any atom is -0.316 e. The lowest BCUT2D eigenvalue weighted by Gasteiger charge is -2.13. The summed E-state index contributed by atoms with van der Waals surface area (Å²) in [5.41, 5.74) is 7.59. The largest absolute Gasteiger partial charge is 0.316 e. The fourth-order valence-electron chi connectivity index (χ4n) is 1.62. The summed E-state index contributed by atoms with van der Waals surface area (Å²) in [5.74, 6) is 0.289. The number of rotatable bonds is 3. The van der Waals surface area contributed by atoms with Gasteiger partial charge in [0, 0.05) is 6.20 Å². The molecule has 0 fully saturated rings. The molecular weight excluding hydrogens is 226 g/mol.